The van der Waals surface area contributed by atoms with E-state index in [2.05, 4.69) is 26.1 Å². The lowest BCUT2D eigenvalue weighted by molar-refractivity contribution is 0.218. The molecule has 16 heavy (non-hydrogen) atoms. The Kier molecular flexibility index (Phi) is 6.55. The van der Waals surface area contributed by atoms with Gasteiger partial charge in [0.25, 0.3) is 0 Å². The van der Waals surface area contributed by atoms with Crippen LogP contribution in [0.25, 0.3) is 0 Å². The molecule has 0 radical (unpaired) electrons. The van der Waals surface area contributed by atoms with Gasteiger partial charge in [-0.05, 0) is 50.1 Å². The Morgan fingerprint density at radius 3 is 2.75 bits per heavy atom. The molecule has 1 N–H and O–H groups in total. The molecule has 0 saturated carbocycles. The second-order valence-corrected chi connectivity index (χ2v) is 5.15. The highest BCUT2D eigenvalue weighted by Gasteiger charge is 2.16. The summed E-state index contributed by atoms with van der Waals surface area (Å²) in [5.74, 6) is 0.788. The third kappa shape index (κ3) is 5.02. The lowest BCUT2D eigenvalue weighted by Gasteiger charge is -2.25. The highest BCUT2D eigenvalue weighted by molar-refractivity contribution is 5.09. The first kappa shape index (κ1) is 13.6. The van der Waals surface area contributed by atoms with Gasteiger partial charge in [0.15, 0.2) is 0 Å². The monoisotopic (exact) mass is 225 g/mol. The van der Waals surface area contributed by atoms with Crippen LogP contribution >= 0.6 is 0 Å². The number of rotatable bonds is 7. The summed E-state index contributed by atoms with van der Waals surface area (Å²) in [6.07, 6.45) is 8.12. The Bertz CT molecular complexity index is 211. The van der Waals surface area contributed by atoms with Gasteiger partial charge in [-0.1, -0.05) is 20.8 Å². The van der Waals surface area contributed by atoms with Crippen molar-refractivity contribution < 1.29 is 4.74 Å². The Labute approximate surface area is 100 Å². The Morgan fingerprint density at radius 1 is 1.38 bits per heavy atom. The van der Waals surface area contributed by atoms with Gasteiger partial charge >= 0.3 is 0 Å². The number of ether oxygens (including phenoxy) is 1. The normalized spacial score (nSPS) is 18.1. The molecule has 0 aromatic carbocycles. The summed E-state index contributed by atoms with van der Waals surface area (Å²) in [5.41, 5.74) is 1.47. The molecule has 2 heteroatoms. The predicted octanol–water partition coefficient (Wildman–Crippen LogP) is 3.49. The maximum Gasteiger partial charge on any atom is 0.0876 e. The summed E-state index contributed by atoms with van der Waals surface area (Å²) in [6.45, 7) is 8.82. The molecular formula is C14H27NO. The minimum atomic E-state index is 0.544. The summed E-state index contributed by atoms with van der Waals surface area (Å²) in [5, 5.41) is 3.65. The molecule has 0 fully saturated rings. The summed E-state index contributed by atoms with van der Waals surface area (Å²) >= 11 is 0. The molecule has 0 amide bonds. The zero-order valence-electron chi connectivity index (χ0n) is 11.1. The van der Waals surface area contributed by atoms with E-state index in [0.717, 1.165) is 19.1 Å². The van der Waals surface area contributed by atoms with Crippen LogP contribution in [0.5, 0.6) is 0 Å². The third-order valence-electron chi connectivity index (χ3n) is 3.08. The summed E-state index contributed by atoms with van der Waals surface area (Å²) in [7, 11) is 0. The fourth-order valence-corrected chi connectivity index (χ4v) is 2.08. The Morgan fingerprint density at radius 2 is 2.19 bits per heavy atom. The fourth-order valence-electron chi connectivity index (χ4n) is 2.08. The fraction of sp³-hybridized carbons (Fsp3) is 0.857. The van der Waals surface area contributed by atoms with Crippen molar-refractivity contribution in [1.29, 1.82) is 0 Å². The molecule has 0 saturated heterocycles. The van der Waals surface area contributed by atoms with E-state index in [0.29, 0.717) is 6.04 Å². The predicted molar refractivity (Wildman–Crippen MR) is 69.4 cm³/mol. The van der Waals surface area contributed by atoms with Gasteiger partial charge in [-0.25, -0.2) is 0 Å². The third-order valence-corrected chi connectivity index (χ3v) is 3.08. The molecule has 0 aliphatic carbocycles. The molecular weight excluding hydrogens is 198 g/mol. The molecule has 2 nitrogen and oxygen atoms in total. The van der Waals surface area contributed by atoms with E-state index >= 15 is 0 Å². The van der Waals surface area contributed by atoms with Gasteiger partial charge in [-0.15, -0.1) is 0 Å². The van der Waals surface area contributed by atoms with Crippen molar-refractivity contribution in [1.82, 2.24) is 5.32 Å². The first-order chi connectivity index (χ1) is 7.74. The molecule has 1 aliphatic rings. The first-order valence-corrected chi connectivity index (χ1v) is 6.78. The van der Waals surface area contributed by atoms with E-state index in [1.807, 2.05) is 6.26 Å². The lowest BCUT2D eigenvalue weighted by Crippen LogP contribution is -2.33. The molecule has 0 aromatic heterocycles. The number of hydrogen-bond acceptors (Lipinski definition) is 2. The lowest BCUT2D eigenvalue weighted by atomic mass is 9.95. The number of hydrogen-bond donors (Lipinski definition) is 1. The topological polar surface area (TPSA) is 21.3 Å². The van der Waals surface area contributed by atoms with Crippen LogP contribution in [0.3, 0.4) is 0 Å². The molecule has 1 atom stereocenters. The van der Waals surface area contributed by atoms with Gasteiger partial charge in [0, 0.05) is 6.04 Å². The minimum Gasteiger partial charge on any atom is -0.501 e. The van der Waals surface area contributed by atoms with E-state index in [-0.39, 0.29) is 0 Å². The highest BCUT2D eigenvalue weighted by atomic mass is 16.5. The molecule has 0 spiro atoms. The van der Waals surface area contributed by atoms with Crippen molar-refractivity contribution in [3.8, 4) is 0 Å². The highest BCUT2D eigenvalue weighted by Crippen LogP contribution is 2.20. The maximum absolute atomic E-state index is 5.45. The average Bonchev–Trinajstić information content (AvgIpc) is 2.30. The van der Waals surface area contributed by atoms with Crippen LogP contribution in [-0.2, 0) is 4.74 Å². The zero-order valence-corrected chi connectivity index (χ0v) is 11.1. The van der Waals surface area contributed by atoms with Crippen molar-refractivity contribution in [2.45, 2.75) is 58.9 Å². The minimum absolute atomic E-state index is 0.544. The van der Waals surface area contributed by atoms with Crippen LogP contribution in [0.15, 0.2) is 11.8 Å². The van der Waals surface area contributed by atoms with E-state index in [4.69, 9.17) is 4.74 Å². The second kappa shape index (κ2) is 7.72. The molecule has 1 aliphatic heterocycles. The largest absolute Gasteiger partial charge is 0.501 e. The van der Waals surface area contributed by atoms with Gasteiger partial charge in [0.1, 0.15) is 0 Å². The van der Waals surface area contributed by atoms with Crippen LogP contribution in [0.2, 0.25) is 0 Å². The quantitative estimate of drug-likeness (QED) is 0.716. The van der Waals surface area contributed by atoms with Crippen LogP contribution < -0.4 is 5.32 Å². The number of nitrogens with one attached hydrogen (secondary N) is 1. The van der Waals surface area contributed by atoms with Crippen LogP contribution in [0.4, 0.5) is 0 Å². The van der Waals surface area contributed by atoms with Crippen molar-refractivity contribution in [2.24, 2.45) is 5.92 Å². The summed E-state index contributed by atoms with van der Waals surface area (Å²) < 4.78 is 5.45. The van der Waals surface area contributed by atoms with E-state index in [9.17, 15) is 0 Å². The van der Waals surface area contributed by atoms with Gasteiger partial charge in [-0.3, -0.25) is 0 Å². The average molecular weight is 225 g/mol. The SMILES string of the molecule is CCCNC(CCC(C)C)C1=COCCC1. The maximum atomic E-state index is 5.45. The van der Waals surface area contributed by atoms with Crippen molar-refractivity contribution in [3.63, 3.8) is 0 Å². The Hall–Kier alpha value is -0.500. The molecule has 1 rings (SSSR count). The van der Waals surface area contributed by atoms with E-state index < -0.39 is 0 Å². The second-order valence-electron chi connectivity index (χ2n) is 5.15. The molecule has 94 valence electrons. The standard InChI is InChI=1S/C14H27NO/c1-4-9-15-14(8-7-12(2)3)13-6-5-10-16-11-13/h11-12,14-15H,4-10H2,1-3H3. The zero-order chi connectivity index (χ0) is 11.8. The van der Waals surface area contributed by atoms with Crippen molar-refractivity contribution in [3.05, 3.63) is 11.8 Å². The van der Waals surface area contributed by atoms with Crippen molar-refractivity contribution in [2.75, 3.05) is 13.2 Å². The summed E-state index contributed by atoms with van der Waals surface area (Å²) in [6, 6.07) is 0.544. The van der Waals surface area contributed by atoms with Crippen LogP contribution in [0, 0.1) is 5.92 Å². The molecule has 0 aromatic rings. The molecule has 0 bridgehead atoms. The van der Waals surface area contributed by atoms with E-state index in [1.165, 1.54) is 37.7 Å². The summed E-state index contributed by atoms with van der Waals surface area (Å²) in [4.78, 5) is 0. The van der Waals surface area contributed by atoms with Crippen LogP contribution in [-0.4, -0.2) is 19.2 Å². The molecule has 1 heterocycles. The van der Waals surface area contributed by atoms with Gasteiger partial charge < -0.3 is 10.1 Å². The first-order valence-electron chi connectivity index (χ1n) is 6.78. The molecule has 1 unspecified atom stereocenters. The van der Waals surface area contributed by atoms with Gasteiger partial charge in [0.05, 0.1) is 12.9 Å². The van der Waals surface area contributed by atoms with Crippen LogP contribution in [0.1, 0.15) is 52.9 Å². The van der Waals surface area contributed by atoms with E-state index in [1.54, 1.807) is 0 Å². The Balaban J connectivity index is 2.44. The van der Waals surface area contributed by atoms with Crippen molar-refractivity contribution >= 4 is 0 Å². The van der Waals surface area contributed by atoms with Gasteiger partial charge in [-0.2, -0.15) is 0 Å². The smallest absolute Gasteiger partial charge is 0.0876 e. The van der Waals surface area contributed by atoms with Gasteiger partial charge in [0.2, 0.25) is 0 Å².